The third kappa shape index (κ3) is 4.66. The molecule has 0 unspecified atom stereocenters. The molecule has 144 valence electrons. The van der Waals surface area contributed by atoms with Gasteiger partial charge >= 0.3 is 5.97 Å². The predicted molar refractivity (Wildman–Crippen MR) is 103 cm³/mol. The number of carbonyl (C=O) groups is 2. The summed E-state index contributed by atoms with van der Waals surface area (Å²) in [5, 5.41) is 13.2. The molecule has 2 N–H and O–H groups in total. The van der Waals surface area contributed by atoms with Gasteiger partial charge in [0.05, 0.1) is 17.7 Å². The average molecular weight is 389 g/mol. The lowest BCUT2D eigenvalue weighted by Crippen LogP contribution is -2.37. The molecule has 1 aliphatic carbocycles. The summed E-state index contributed by atoms with van der Waals surface area (Å²) >= 11 is 0. The number of rotatable bonds is 7. The van der Waals surface area contributed by atoms with Crippen LogP contribution in [0.1, 0.15) is 43.7 Å². The first kappa shape index (κ1) is 19.4. The topological polar surface area (TPSA) is 101 Å². The second-order valence-corrected chi connectivity index (χ2v) is 9.28. The molecule has 7 heteroatoms. The highest BCUT2D eigenvalue weighted by molar-refractivity contribution is 7.92. The number of carboxylic acids is 1. The van der Waals surface area contributed by atoms with Crippen LogP contribution in [0.2, 0.25) is 0 Å². The van der Waals surface area contributed by atoms with Gasteiger partial charge in [-0.05, 0) is 29.2 Å². The highest BCUT2D eigenvalue weighted by Gasteiger charge is 2.31. The second kappa shape index (κ2) is 8.08. The van der Waals surface area contributed by atoms with Gasteiger partial charge in [0, 0.05) is 0 Å². The highest BCUT2D eigenvalue weighted by Crippen LogP contribution is 2.28. The van der Waals surface area contributed by atoms with Gasteiger partial charge in [-0.2, -0.15) is 0 Å². The predicted octanol–water partition coefficient (Wildman–Crippen LogP) is 2.83. The molecular weight excluding hydrogens is 366 g/mol. The summed E-state index contributed by atoms with van der Waals surface area (Å²) in [5.41, 5.74) is 0.669. The molecule has 0 saturated heterocycles. The Morgan fingerprint density at radius 3 is 2.44 bits per heavy atom. The van der Waals surface area contributed by atoms with Crippen LogP contribution in [-0.2, 0) is 19.4 Å². The molecule has 0 heterocycles. The molecule has 2 aromatic rings. The fourth-order valence-corrected chi connectivity index (χ4v) is 5.49. The van der Waals surface area contributed by atoms with E-state index in [1.807, 2.05) is 30.3 Å². The van der Waals surface area contributed by atoms with Gasteiger partial charge in [0.15, 0.2) is 9.84 Å². The summed E-state index contributed by atoms with van der Waals surface area (Å²) in [6.07, 6.45) is 2.60. The van der Waals surface area contributed by atoms with Crippen molar-refractivity contribution in [3.63, 3.8) is 0 Å². The van der Waals surface area contributed by atoms with Crippen molar-refractivity contribution in [2.75, 3.05) is 5.75 Å². The van der Waals surface area contributed by atoms with E-state index >= 15 is 0 Å². The molecule has 27 heavy (non-hydrogen) atoms. The van der Waals surface area contributed by atoms with Crippen LogP contribution in [0.3, 0.4) is 0 Å². The molecule has 0 radical (unpaired) electrons. The normalized spacial score (nSPS) is 16.3. The van der Waals surface area contributed by atoms with Crippen molar-refractivity contribution in [3.05, 3.63) is 48.0 Å². The molecule has 0 aromatic heterocycles. The Labute approximate surface area is 158 Å². The first-order valence-corrected chi connectivity index (χ1v) is 10.8. The van der Waals surface area contributed by atoms with Crippen molar-refractivity contribution >= 4 is 32.5 Å². The van der Waals surface area contributed by atoms with Gasteiger partial charge in [0.2, 0.25) is 5.91 Å². The number of carbonyl (C=O) groups excluding carboxylic acids is 1. The number of fused-ring (bicyclic) bond motifs is 1. The van der Waals surface area contributed by atoms with E-state index in [1.165, 1.54) is 0 Å². The lowest BCUT2D eigenvalue weighted by Gasteiger charge is -2.20. The number of nitrogens with one attached hydrogen (secondary N) is 1. The number of aliphatic carboxylic acids is 1. The minimum atomic E-state index is -3.52. The number of sulfone groups is 1. The van der Waals surface area contributed by atoms with Gasteiger partial charge < -0.3 is 10.4 Å². The highest BCUT2D eigenvalue weighted by atomic mass is 32.2. The van der Waals surface area contributed by atoms with E-state index in [0.29, 0.717) is 18.4 Å². The largest absolute Gasteiger partial charge is 0.481 e. The lowest BCUT2D eigenvalue weighted by atomic mass is 9.96. The summed E-state index contributed by atoms with van der Waals surface area (Å²) in [4.78, 5) is 23.8. The molecule has 1 aliphatic rings. The number of hydrogen-bond acceptors (Lipinski definition) is 4. The third-order valence-corrected chi connectivity index (χ3v) is 7.21. The second-order valence-electron chi connectivity index (χ2n) is 7.00. The standard InChI is InChI=1S/C20H23NO5S/c22-19(13-27(25,26)15-8-2-3-9-15)21-18(12-20(23)24)17-11-5-7-14-6-1-4-10-16(14)17/h1,4-7,10-11,15,18H,2-3,8-9,12-13H2,(H,21,22)(H,23,24)/t18-/m1/s1. The van der Waals surface area contributed by atoms with Crippen LogP contribution < -0.4 is 5.32 Å². The van der Waals surface area contributed by atoms with Crippen molar-refractivity contribution in [2.24, 2.45) is 0 Å². The SMILES string of the molecule is O=C(O)C[C@@H](NC(=O)CS(=O)(=O)C1CCCC1)c1cccc2ccccc12. The van der Waals surface area contributed by atoms with Crippen LogP contribution in [-0.4, -0.2) is 36.4 Å². The maximum atomic E-state index is 12.4. The van der Waals surface area contributed by atoms with Gasteiger partial charge in [-0.3, -0.25) is 9.59 Å². The Hall–Kier alpha value is -2.41. The zero-order chi connectivity index (χ0) is 19.4. The van der Waals surface area contributed by atoms with Crippen molar-refractivity contribution < 1.29 is 23.1 Å². The minimum Gasteiger partial charge on any atom is -0.481 e. The molecule has 3 rings (SSSR count). The summed E-state index contributed by atoms with van der Waals surface area (Å²) < 4.78 is 24.8. The smallest absolute Gasteiger partial charge is 0.305 e. The van der Waals surface area contributed by atoms with Crippen molar-refractivity contribution in [1.82, 2.24) is 5.32 Å². The van der Waals surface area contributed by atoms with Crippen molar-refractivity contribution in [2.45, 2.75) is 43.4 Å². The van der Waals surface area contributed by atoms with E-state index in [9.17, 15) is 23.1 Å². The average Bonchev–Trinajstić information content (AvgIpc) is 3.15. The van der Waals surface area contributed by atoms with Crippen molar-refractivity contribution in [1.29, 1.82) is 0 Å². The van der Waals surface area contributed by atoms with Gasteiger partial charge in [-0.25, -0.2) is 8.42 Å². The summed E-state index contributed by atoms with van der Waals surface area (Å²) in [5.74, 6) is -2.31. The third-order valence-electron chi connectivity index (χ3n) is 5.06. The van der Waals surface area contributed by atoms with E-state index < -0.39 is 38.8 Å². The number of hydrogen-bond donors (Lipinski definition) is 2. The van der Waals surface area contributed by atoms with Gasteiger partial charge in [-0.1, -0.05) is 55.3 Å². The van der Waals surface area contributed by atoms with Crippen LogP contribution in [0.15, 0.2) is 42.5 Å². The fourth-order valence-electron chi connectivity index (χ4n) is 3.75. The van der Waals surface area contributed by atoms with Crippen LogP contribution in [0, 0.1) is 0 Å². The quantitative estimate of drug-likeness (QED) is 0.758. The number of carboxylic acid groups (broad SMARTS) is 1. The van der Waals surface area contributed by atoms with E-state index in [0.717, 1.165) is 23.6 Å². The van der Waals surface area contributed by atoms with Gasteiger partial charge in [0.1, 0.15) is 5.75 Å². The molecule has 6 nitrogen and oxygen atoms in total. The first-order chi connectivity index (χ1) is 12.9. The molecule has 1 fully saturated rings. The molecule has 2 aromatic carbocycles. The molecular formula is C20H23NO5S. The van der Waals surface area contributed by atoms with Gasteiger partial charge in [0.25, 0.3) is 0 Å². The molecule has 0 bridgehead atoms. The lowest BCUT2D eigenvalue weighted by molar-refractivity contribution is -0.137. The fraction of sp³-hybridized carbons (Fsp3) is 0.400. The Morgan fingerprint density at radius 1 is 1.07 bits per heavy atom. The Balaban J connectivity index is 1.83. The van der Waals surface area contributed by atoms with Gasteiger partial charge in [-0.15, -0.1) is 0 Å². The molecule has 1 amide bonds. The summed E-state index contributed by atoms with van der Waals surface area (Å²) in [6, 6.07) is 12.2. The zero-order valence-electron chi connectivity index (χ0n) is 14.9. The molecule has 1 atom stereocenters. The van der Waals surface area contributed by atoms with E-state index in [-0.39, 0.29) is 6.42 Å². The number of amides is 1. The maximum Gasteiger partial charge on any atom is 0.305 e. The zero-order valence-corrected chi connectivity index (χ0v) is 15.7. The summed E-state index contributed by atoms with van der Waals surface area (Å²) in [7, 11) is -3.52. The molecule has 0 spiro atoms. The Morgan fingerprint density at radius 2 is 1.74 bits per heavy atom. The van der Waals surface area contributed by atoms with E-state index in [1.54, 1.807) is 12.1 Å². The first-order valence-electron chi connectivity index (χ1n) is 9.07. The minimum absolute atomic E-state index is 0.316. The maximum absolute atomic E-state index is 12.4. The number of benzene rings is 2. The van der Waals surface area contributed by atoms with E-state index in [4.69, 9.17) is 0 Å². The Kier molecular flexibility index (Phi) is 5.79. The van der Waals surface area contributed by atoms with Crippen LogP contribution in [0.5, 0.6) is 0 Å². The Bertz CT molecular complexity index is 943. The summed E-state index contributed by atoms with van der Waals surface area (Å²) in [6.45, 7) is 0. The van der Waals surface area contributed by atoms with Crippen LogP contribution >= 0.6 is 0 Å². The molecule has 1 saturated carbocycles. The van der Waals surface area contributed by atoms with E-state index in [2.05, 4.69) is 5.32 Å². The van der Waals surface area contributed by atoms with Crippen LogP contribution in [0.25, 0.3) is 10.8 Å². The molecule has 0 aliphatic heterocycles. The monoisotopic (exact) mass is 389 g/mol. The van der Waals surface area contributed by atoms with Crippen LogP contribution in [0.4, 0.5) is 0 Å². The van der Waals surface area contributed by atoms with Crippen molar-refractivity contribution in [3.8, 4) is 0 Å².